The molecular formula is C21H17IN2O2. The van der Waals surface area contributed by atoms with Gasteiger partial charge in [-0.25, -0.2) is 0 Å². The molecule has 1 amide bonds. The van der Waals surface area contributed by atoms with Gasteiger partial charge in [-0.05, 0) is 64.0 Å². The van der Waals surface area contributed by atoms with Gasteiger partial charge in [0.15, 0.2) is 0 Å². The van der Waals surface area contributed by atoms with Crippen LogP contribution in [-0.2, 0) is 13.2 Å². The van der Waals surface area contributed by atoms with Crippen molar-refractivity contribution in [1.29, 1.82) is 0 Å². The number of aliphatic hydroxyl groups excluding tert-OH is 1. The lowest BCUT2D eigenvalue weighted by atomic mass is 10.0. The highest BCUT2D eigenvalue weighted by molar-refractivity contribution is 14.1. The van der Waals surface area contributed by atoms with E-state index >= 15 is 0 Å². The molecule has 0 aliphatic carbocycles. The first kappa shape index (κ1) is 17.1. The lowest BCUT2D eigenvalue weighted by Crippen LogP contribution is -2.11. The predicted octanol–water partition coefficient (Wildman–Crippen LogP) is 4.04. The minimum Gasteiger partial charge on any atom is -0.392 e. The van der Waals surface area contributed by atoms with Gasteiger partial charge in [0, 0.05) is 32.0 Å². The molecule has 1 aromatic heterocycles. The van der Waals surface area contributed by atoms with Crippen LogP contribution >= 0.6 is 22.6 Å². The number of aliphatic hydroxyl groups is 1. The third kappa shape index (κ3) is 2.87. The summed E-state index contributed by atoms with van der Waals surface area (Å²) in [4.78, 5) is 12.0. The molecular weight excluding hydrogens is 439 g/mol. The maximum atomic E-state index is 12.0. The van der Waals surface area contributed by atoms with E-state index in [4.69, 9.17) is 5.73 Å². The quantitative estimate of drug-likeness (QED) is 0.456. The van der Waals surface area contributed by atoms with E-state index in [0.717, 1.165) is 27.4 Å². The molecule has 0 unspecified atom stereocenters. The average molecular weight is 456 g/mol. The van der Waals surface area contributed by atoms with Gasteiger partial charge in [0.2, 0.25) is 5.91 Å². The number of nitrogens with zero attached hydrogens (tertiary/aromatic N) is 1. The maximum absolute atomic E-state index is 12.0. The average Bonchev–Trinajstić information content (AvgIpc) is 2.96. The first-order chi connectivity index (χ1) is 12.6. The first-order valence-electron chi connectivity index (χ1n) is 8.27. The van der Waals surface area contributed by atoms with E-state index in [1.165, 1.54) is 9.13 Å². The van der Waals surface area contributed by atoms with Gasteiger partial charge in [-0.2, -0.15) is 0 Å². The van der Waals surface area contributed by atoms with E-state index in [1.807, 2.05) is 30.3 Å². The van der Waals surface area contributed by atoms with Crippen LogP contribution in [0, 0.1) is 3.57 Å². The fourth-order valence-electron chi connectivity index (χ4n) is 3.44. The SMILES string of the molecule is NC(=O)c1cccc2c1c1ccc(CO)cc1n2Cc1ccc(I)cc1. The van der Waals surface area contributed by atoms with E-state index in [1.54, 1.807) is 6.07 Å². The Morgan fingerprint density at radius 3 is 2.42 bits per heavy atom. The predicted molar refractivity (Wildman–Crippen MR) is 112 cm³/mol. The van der Waals surface area contributed by atoms with Crippen LogP contribution in [0.2, 0.25) is 0 Å². The number of carbonyl (C=O) groups excluding carboxylic acids is 1. The normalized spacial score (nSPS) is 11.3. The molecule has 0 aliphatic heterocycles. The molecule has 0 saturated heterocycles. The number of halogens is 1. The second-order valence-electron chi connectivity index (χ2n) is 6.29. The number of benzene rings is 3. The molecule has 0 spiro atoms. The second kappa shape index (κ2) is 6.74. The highest BCUT2D eigenvalue weighted by atomic mass is 127. The van der Waals surface area contributed by atoms with Crippen molar-refractivity contribution in [3.05, 3.63) is 80.9 Å². The molecule has 4 nitrogen and oxygen atoms in total. The molecule has 0 fully saturated rings. The Balaban J connectivity index is 2.03. The van der Waals surface area contributed by atoms with Gasteiger partial charge in [-0.15, -0.1) is 0 Å². The lowest BCUT2D eigenvalue weighted by molar-refractivity contribution is 0.100. The van der Waals surface area contributed by atoms with E-state index in [9.17, 15) is 9.90 Å². The molecule has 4 rings (SSSR count). The zero-order valence-electron chi connectivity index (χ0n) is 13.9. The molecule has 0 saturated carbocycles. The molecule has 3 N–H and O–H groups in total. The van der Waals surface area contributed by atoms with Gasteiger partial charge in [0.1, 0.15) is 0 Å². The second-order valence-corrected chi connectivity index (χ2v) is 7.53. The summed E-state index contributed by atoms with van der Waals surface area (Å²) in [7, 11) is 0. The van der Waals surface area contributed by atoms with Crippen molar-refractivity contribution < 1.29 is 9.90 Å². The molecule has 130 valence electrons. The molecule has 0 atom stereocenters. The molecule has 0 aliphatic rings. The minimum absolute atomic E-state index is 0.0241. The zero-order valence-corrected chi connectivity index (χ0v) is 16.1. The van der Waals surface area contributed by atoms with Crippen molar-refractivity contribution in [2.24, 2.45) is 5.73 Å². The number of fused-ring (bicyclic) bond motifs is 3. The van der Waals surface area contributed by atoms with Crippen LogP contribution in [0.4, 0.5) is 0 Å². The fraction of sp³-hybridized carbons (Fsp3) is 0.0952. The van der Waals surface area contributed by atoms with Crippen LogP contribution in [0.15, 0.2) is 60.7 Å². The molecule has 4 aromatic rings. The van der Waals surface area contributed by atoms with Crippen LogP contribution in [0.5, 0.6) is 0 Å². The Hall–Kier alpha value is -2.38. The number of primary amides is 1. The van der Waals surface area contributed by atoms with Crippen LogP contribution in [-0.4, -0.2) is 15.6 Å². The number of rotatable bonds is 4. The van der Waals surface area contributed by atoms with E-state index in [0.29, 0.717) is 12.1 Å². The Kier molecular flexibility index (Phi) is 4.42. The van der Waals surface area contributed by atoms with Crippen molar-refractivity contribution in [2.75, 3.05) is 0 Å². The van der Waals surface area contributed by atoms with Crippen molar-refractivity contribution in [1.82, 2.24) is 4.57 Å². The van der Waals surface area contributed by atoms with Gasteiger partial charge >= 0.3 is 0 Å². The van der Waals surface area contributed by atoms with Crippen LogP contribution < -0.4 is 5.73 Å². The molecule has 0 bridgehead atoms. The van der Waals surface area contributed by atoms with Crippen LogP contribution in [0.1, 0.15) is 21.5 Å². The van der Waals surface area contributed by atoms with E-state index in [2.05, 4.69) is 51.4 Å². The summed E-state index contributed by atoms with van der Waals surface area (Å²) in [6.07, 6.45) is 0. The first-order valence-corrected chi connectivity index (χ1v) is 9.35. The van der Waals surface area contributed by atoms with Crippen molar-refractivity contribution in [2.45, 2.75) is 13.2 Å². The fourth-order valence-corrected chi connectivity index (χ4v) is 3.80. The summed E-state index contributed by atoms with van der Waals surface area (Å²) in [6.45, 7) is 0.650. The molecule has 26 heavy (non-hydrogen) atoms. The Bertz CT molecular complexity index is 1130. The standard InChI is InChI=1S/C21H17IN2O2/c22-15-7-4-13(5-8-15)11-24-18-3-1-2-17(21(23)26)20(18)16-9-6-14(12-25)10-19(16)24/h1-10,25H,11-12H2,(H2,23,26). The number of carbonyl (C=O) groups is 1. The summed E-state index contributed by atoms with van der Waals surface area (Å²) in [5, 5.41) is 11.4. The molecule has 3 aromatic carbocycles. The highest BCUT2D eigenvalue weighted by Gasteiger charge is 2.16. The summed E-state index contributed by atoms with van der Waals surface area (Å²) >= 11 is 2.29. The number of hydrogen-bond acceptors (Lipinski definition) is 2. The minimum atomic E-state index is -0.435. The Labute approximate surface area is 164 Å². The largest absolute Gasteiger partial charge is 0.392 e. The van der Waals surface area contributed by atoms with Gasteiger partial charge in [0.05, 0.1) is 12.1 Å². The van der Waals surface area contributed by atoms with E-state index < -0.39 is 5.91 Å². The van der Waals surface area contributed by atoms with E-state index in [-0.39, 0.29) is 6.61 Å². The van der Waals surface area contributed by atoms with Crippen molar-refractivity contribution >= 4 is 50.3 Å². The molecule has 0 radical (unpaired) electrons. The number of hydrogen-bond donors (Lipinski definition) is 2. The van der Waals surface area contributed by atoms with Crippen LogP contribution in [0.25, 0.3) is 21.8 Å². The van der Waals surface area contributed by atoms with Gasteiger partial charge < -0.3 is 15.4 Å². The zero-order chi connectivity index (χ0) is 18.3. The molecule has 1 heterocycles. The smallest absolute Gasteiger partial charge is 0.249 e. The lowest BCUT2D eigenvalue weighted by Gasteiger charge is -2.09. The Morgan fingerprint density at radius 1 is 1.00 bits per heavy atom. The highest BCUT2D eigenvalue weighted by Crippen LogP contribution is 2.33. The molecule has 5 heteroatoms. The number of aromatic nitrogens is 1. The third-order valence-electron chi connectivity index (χ3n) is 4.66. The van der Waals surface area contributed by atoms with Gasteiger partial charge in [-0.3, -0.25) is 4.79 Å². The summed E-state index contributed by atoms with van der Waals surface area (Å²) in [5.74, 6) is -0.435. The maximum Gasteiger partial charge on any atom is 0.249 e. The van der Waals surface area contributed by atoms with Crippen molar-refractivity contribution in [3.8, 4) is 0 Å². The summed E-state index contributed by atoms with van der Waals surface area (Å²) in [5.41, 5.74) is 10.1. The number of amides is 1. The summed E-state index contributed by atoms with van der Waals surface area (Å²) < 4.78 is 3.37. The van der Waals surface area contributed by atoms with Crippen LogP contribution in [0.3, 0.4) is 0 Å². The monoisotopic (exact) mass is 456 g/mol. The summed E-state index contributed by atoms with van der Waals surface area (Å²) in [6, 6.07) is 19.8. The topological polar surface area (TPSA) is 68.2 Å². The van der Waals surface area contributed by atoms with Gasteiger partial charge in [0.25, 0.3) is 0 Å². The Morgan fingerprint density at radius 2 is 1.73 bits per heavy atom. The number of nitrogens with two attached hydrogens (primary N) is 1. The third-order valence-corrected chi connectivity index (χ3v) is 5.38. The van der Waals surface area contributed by atoms with Crippen molar-refractivity contribution in [3.63, 3.8) is 0 Å². The van der Waals surface area contributed by atoms with Gasteiger partial charge in [-0.1, -0.05) is 30.3 Å².